The number of carbonyl (C=O) groups is 7. The second-order valence-corrected chi connectivity index (χ2v) is 26.2. The average molecular weight is 1310 g/mol. The van der Waals surface area contributed by atoms with Gasteiger partial charge in [-0.15, -0.1) is 0 Å². The number of hydrogen-bond acceptors (Lipinski definition) is 24. The maximum Gasteiger partial charge on any atom is 0.407 e. The van der Waals surface area contributed by atoms with Crippen molar-refractivity contribution in [3.8, 4) is 0 Å². The lowest BCUT2D eigenvalue weighted by Crippen LogP contribution is -2.54. The first kappa shape index (κ1) is 65.0. The molecule has 33 nitrogen and oxygen atoms in total. The van der Waals surface area contributed by atoms with Crippen molar-refractivity contribution in [2.75, 3.05) is 55.8 Å². The number of urea groups is 1. The van der Waals surface area contributed by atoms with Gasteiger partial charge in [0.1, 0.15) is 61.3 Å². The summed E-state index contributed by atoms with van der Waals surface area (Å²) in [6.07, 6.45) is -7.05. The summed E-state index contributed by atoms with van der Waals surface area (Å²) in [5.41, 5.74) is 12.5. The minimum absolute atomic E-state index is 0.0155. The highest BCUT2D eigenvalue weighted by Crippen LogP contribution is 2.60. The molecule has 9 rings (SSSR count). The Morgan fingerprint density at radius 1 is 0.761 bits per heavy atom. The molecule has 0 saturated carbocycles. The Balaban J connectivity index is 0.731. The highest BCUT2D eigenvalue weighted by Gasteiger charge is 2.54. The predicted molar refractivity (Wildman–Crippen MR) is 310 cm³/mol. The second-order valence-electron chi connectivity index (χ2n) is 20.5. The van der Waals surface area contributed by atoms with Crippen LogP contribution in [0.3, 0.4) is 0 Å². The van der Waals surface area contributed by atoms with E-state index in [-0.39, 0.29) is 86.0 Å². The lowest BCUT2D eigenvalue weighted by molar-refractivity contribution is -0.137. The Labute approximate surface area is 508 Å². The first-order valence-corrected chi connectivity index (χ1v) is 32.6. The van der Waals surface area contributed by atoms with Crippen LogP contribution in [0.2, 0.25) is 0 Å². The van der Waals surface area contributed by atoms with E-state index in [1.165, 1.54) is 28.1 Å². The SMILES string of the molecule is CC(C)[C@H](NC(=O)CCN1C(=O)C=CC1=O)C(=O)N[C@@H](CCCNC(N)=O)C(=O)Nc1ccc(COC(=O)NCCCNc2ncnc3c2ncn3[C@@H]2O[C@@H]3CO[P@@](=O)(S)O[C@H]4[C@@H](F)[C@H](n5cnc6c(N)ncnc65)O[C@@H]4CO[P@@](=O)(S)O[C@H]3[C@H]2F)cc1. The molecule has 39 heteroatoms. The van der Waals surface area contributed by atoms with Gasteiger partial charge in [-0.1, -0.05) is 50.5 Å². The highest BCUT2D eigenvalue weighted by molar-refractivity contribution is 8.44. The van der Waals surface area contributed by atoms with E-state index in [4.69, 9.17) is 43.8 Å². The van der Waals surface area contributed by atoms with E-state index in [0.717, 1.165) is 23.4 Å². The number of alkyl halides is 2. The summed E-state index contributed by atoms with van der Waals surface area (Å²) < 4.78 is 102. The van der Waals surface area contributed by atoms with E-state index in [0.29, 0.717) is 17.7 Å². The molecule has 3 fully saturated rings. The van der Waals surface area contributed by atoms with Crippen molar-refractivity contribution >= 4 is 119 Å². The maximum absolute atomic E-state index is 16.7. The molecule has 4 aromatic heterocycles. The zero-order valence-corrected chi connectivity index (χ0v) is 50.2. The number of halogens is 2. The number of fused-ring (bicyclic) bond motifs is 4. The second kappa shape index (κ2) is 28.3. The van der Waals surface area contributed by atoms with Crippen LogP contribution in [0.25, 0.3) is 22.3 Å². The van der Waals surface area contributed by atoms with Crippen LogP contribution >= 0.6 is 38.1 Å². The van der Waals surface area contributed by atoms with Gasteiger partial charge in [-0.05, 0) is 42.9 Å². The number of nitrogens with two attached hydrogens (primary N) is 2. The number of nitrogens with zero attached hydrogens (tertiary/aromatic N) is 9. The van der Waals surface area contributed by atoms with Crippen LogP contribution < -0.4 is 43.4 Å². The molecule has 0 spiro atoms. The van der Waals surface area contributed by atoms with E-state index in [9.17, 15) is 42.7 Å². The van der Waals surface area contributed by atoms with Crippen molar-refractivity contribution in [2.45, 2.75) is 107 Å². The van der Waals surface area contributed by atoms with Crippen LogP contribution in [0.15, 0.2) is 61.7 Å². The average Bonchev–Trinajstić information content (AvgIpc) is 2.01. The quantitative estimate of drug-likeness (QED) is 0.0206. The summed E-state index contributed by atoms with van der Waals surface area (Å²) in [5.74, 6) is -3.20. The van der Waals surface area contributed by atoms with Crippen LogP contribution in [-0.4, -0.2) is 174 Å². The van der Waals surface area contributed by atoms with E-state index in [2.05, 4.69) is 86.3 Å². The monoisotopic (exact) mass is 1310 g/mol. The smallest absolute Gasteiger partial charge is 0.407 e. The first-order valence-electron chi connectivity index (χ1n) is 27.2. The molecule has 12 atom stereocenters. The molecule has 3 saturated heterocycles. The first-order chi connectivity index (χ1) is 42.0. The summed E-state index contributed by atoms with van der Waals surface area (Å²) in [7, 11) is 0. The lowest BCUT2D eigenvalue weighted by Gasteiger charge is -2.28. The number of carbonyl (C=O) groups excluding carboxylic acids is 7. The molecule has 8 amide bonds. The number of ether oxygens (including phenoxy) is 3. The summed E-state index contributed by atoms with van der Waals surface area (Å²) in [6.45, 7) is -6.99. The van der Waals surface area contributed by atoms with Gasteiger partial charge in [0.25, 0.3) is 11.8 Å². The molecule has 10 N–H and O–H groups in total. The maximum atomic E-state index is 16.7. The minimum atomic E-state index is -4.53. The van der Waals surface area contributed by atoms with Crippen LogP contribution in [-0.2, 0) is 72.0 Å². The number of hydrogen-bond donors (Lipinski definition) is 10. The number of imidazole rings is 2. The van der Waals surface area contributed by atoms with Crippen LogP contribution in [0.5, 0.6) is 0 Å². The molecule has 0 radical (unpaired) electrons. The van der Waals surface area contributed by atoms with Gasteiger partial charge in [-0.25, -0.2) is 57.4 Å². The third-order valence-corrected chi connectivity index (χ3v) is 17.2. The van der Waals surface area contributed by atoms with Crippen molar-refractivity contribution in [2.24, 2.45) is 11.7 Å². The Bertz CT molecular complexity index is 3540. The number of amides is 8. The zero-order valence-electron chi connectivity index (χ0n) is 46.7. The third-order valence-electron chi connectivity index (χ3n) is 14.0. The van der Waals surface area contributed by atoms with Gasteiger partial charge < -0.3 is 57.6 Å². The molecule has 0 unspecified atom stereocenters. The molecule has 0 aliphatic carbocycles. The fourth-order valence-electron chi connectivity index (χ4n) is 9.58. The normalized spacial score (nSPS) is 26.1. The van der Waals surface area contributed by atoms with Gasteiger partial charge in [0.15, 0.2) is 53.2 Å². The van der Waals surface area contributed by atoms with Crippen molar-refractivity contribution in [1.29, 1.82) is 0 Å². The van der Waals surface area contributed by atoms with Gasteiger partial charge >= 0.3 is 25.7 Å². The number of aromatic nitrogens is 8. The lowest BCUT2D eigenvalue weighted by atomic mass is 10.0. The van der Waals surface area contributed by atoms with Crippen LogP contribution in [0.4, 0.5) is 35.7 Å². The van der Waals surface area contributed by atoms with E-state index in [1.807, 2.05) is 0 Å². The number of anilines is 3. The summed E-state index contributed by atoms with van der Waals surface area (Å²) in [6, 6.07) is 3.30. The van der Waals surface area contributed by atoms with Gasteiger partial charge in [0.2, 0.25) is 17.7 Å². The Morgan fingerprint density at radius 2 is 1.34 bits per heavy atom. The summed E-state index contributed by atoms with van der Waals surface area (Å²) in [5, 5.41) is 16.2. The number of imide groups is 1. The number of benzene rings is 1. The number of nitrogens with one attached hydrogen (secondary N) is 6. The Kier molecular flexibility index (Phi) is 20.9. The molecular formula is C49H61F2N17O16P2S2. The molecule has 88 heavy (non-hydrogen) atoms. The summed E-state index contributed by atoms with van der Waals surface area (Å²) in [4.78, 5) is 114. The van der Waals surface area contributed by atoms with E-state index < -0.39 is 136 Å². The van der Waals surface area contributed by atoms with Gasteiger partial charge in [0, 0.05) is 50.4 Å². The molecule has 4 aliphatic rings. The van der Waals surface area contributed by atoms with E-state index in [1.54, 1.807) is 38.1 Å². The third kappa shape index (κ3) is 15.9. The van der Waals surface area contributed by atoms with Crippen molar-refractivity contribution < 1.29 is 83.8 Å². The Morgan fingerprint density at radius 3 is 1.94 bits per heavy atom. The number of thiol groups is 2. The number of primary amides is 1. The highest BCUT2D eigenvalue weighted by atomic mass is 32.7. The molecular weight excluding hydrogens is 1250 g/mol. The van der Waals surface area contributed by atoms with Crippen molar-refractivity contribution in [1.82, 2.24) is 65.2 Å². The number of alkyl carbamates (subject to hydrolysis) is 1. The van der Waals surface area contributed by atoms with E-state index >= 15 is 8.78 Å². The van der Waals surface area contributed by atoms with Crippen molar-refractivity contribution in [3.05, 3.63) is 67.3 Å². The Hall–Kier alpha value is -7.47. The molecule has 1 aromatic carbocycles. The minimum Gasteiger partial charge on any atom is -0.445 e. The fourth-order valence-corrected chi connectivity index (χ4v) is 12.5. The largest absolute Gasteiger partial charge is 0.445 e. The topological polar surface area (TPSA) is 433 Å². The van der Waals surface area contributed by atoms with Gasteiger partial charge in [-0.2, -0.15) is 0 Å². The predicted octanol–water partition coefficient (Wildman–Crippen LogP) is 2.67. The number of rotatable bonds is 22. The molecule has 474 valence electrons. The zero-order chi connectivity index (χ0) is 63.0. The summed E-state index contributed by atoms with van der Waals surface area (Å²) >= 11 is 8.13. The van der Waals surface area contributed by atoms with Crippen molar-refractivity contribution in [3.63, 3.8) is 0 Å². The number of nitrogen functional groups attached to an aromatic ring is 1. The molecule has 4 aliphatic heterocycles. The van der Waals surface area contributed by atoms with Crippen LogP contribution in [0, 0.1) is 5.92 Å². The standard InChI is InChI=1S/C49H61F2N17O16P2S2/c1-24(2)35(65-30(69)12-16-66-31(70)10-11-32(66)71)45(73)64-27(5-3-13-55-48(53)74)44(72)63-26-8-6-25(7-9-26)17-78-49(75)56-15-4-14-54-41-37-43(60-21-58-41)68(23-62-37)47-34(51)39-29(82-47)19-80-85(76,87)83-38-28(18-79-86(77,88)84-39)81-46(33(38)50)67-22-61-36-40(52)57-20-59-42(36)67/h6-11,20-24,27-29,33-35,38-39,46-47H,3-5,12-19H2,1-2H3,(H,56,75)(H,63,72)(H,64,73)(H,65,69)(H,76,87)(H,77,88)(H2,52,57,59)(H3,53,55,74)(H,54,58,60)/t27-,28+,29+,33+,34+,35-,38+,39+,46+,47+,85+,86+/m0/s1. The van der Waals surface area contributed by atoms with Gasteiger partial charge in [0.05, 0.1) is 25.9 Å². The van der Waals surface area contributed by atoms with Gasteiger partial charge in [-0.3, -0.25) is 56.1 Å². The molecule has 8 heterocycles. The molecule has 0 bridgehead atoms. The molecule has 5 aromatic rings. The van der Waals surface area contributed by atoms with Crippen LogP contribution in [0.1, 0.15) is 57.6 Å². The fraction of sp³-hybridized carbons (Fsp3) is 0.490.